The zero-order chi connectivity index (χ0) is 14.1. The summed E-state index contributed by atoms with van der Waals surface area (Å²) in [4.78, 5) is 0. The second kappa shape index (κ2) is 5.19. The zero-order valence-electron chi connectivity index (χ0n) is 12.3. The Bertz CT molecular complexity index is 618. The van der Waals surface area contributed by atoms with E-state index in [0.717, 1.165) is 30.0 Å². The lowest BCUT2D eigenvalue weighted by Crippen LogP contribution is -2.17. The van der Waals surface area contributed by atoms with Crippen molar-refractivity contribution in [1.82, 2.24) is 9.78 Å². The van der Waals surface area contributed by atoms with Gasteiger partial charge >= 0.3 is 0 Å². The number of hydrogen-bond acceptors (Lipinski definition) is 3. The summed E-state index contributed by atoms with van der Waals surface area (Å²) in [5.74, 6) is 0.931. The standard InChI is InChI=1S/C16H21N3O/c1-11-16(10-19(2)18-11)17-15-6-4-5-12-7-8-13(20-3)9-14(12)15/h7-10,15,17H,4-6H2,1-3H3. The Morgan fingerprint density at radius 3 is 2.95 bits per heavy atom. The SMILES string of the molecule is COc1ccc2c(c1)C(Nc1cn(C)nc1C)CCC2. The lowest BCUT2D eigenvalue weighted by molar-refractivity contribution is 0.413. The lowest BCUT2D eigenvalue weighted by atomic mass is 9.87. The smallest absolute Gasteiger partial charge is 0.119 e. The molecular weight excluding hydrogens is 250 g/mol. The first-order valence-corrected chi connectivity index (χ1v) is 7.11. The predicted octanol–water partition coefficient (Wildman–Crippen LogP) is 3.23. The molecule has 0 amide bonds. The number of rotatable bonds is 3. The van der Waals surface area contributed by atoms with Gasteiger partial charge in [0.25, 0.3) is 0 Å². The fourth-order valence-electron chi connectivity index (χ4n) is 2.98. The molecule has 1 heterocycles. The monoisotopic (exact) mass is 271 g/mol. The molecule has 4 nitrogen and oxygen atoms in total. The van der Waals surface area contributed by atoms with E-state index in [2.05, 4.69) is 28.6 Å². The van der Waals surface area contributed by atoms with Crippen LogP contribution in [0.3, 0.4) is 0 Å². The highest BCUT2D eigenvalue weighted by Crippen LogP contribution is 2.35. The van der Waals surface area contributed by atoms with Crippen LogP contribution >= 0.6 is 0 Å². The van der Waals surface area contributed by atoms with Crippen LogP contribution in [0.1, 0.15) is 35.7 Å². The highest BCUT2D eigenvalue weighted by Gasteiger charge is 2.21. The number of hydrogen-bond donors (Lipinski definition) is 1. The first kappa shape index (κ1) is 13.0. The topological polar surface area (TPSA) is 39.1 Å². The van der Waals surface area contributed by atoms with E-state index < -0.39 is 0 Å². The lowest BCUT2D eigenvalue weighted by Gasteiger charge is -2.27. The van der Waals surface area contributed by atoms with Gasteiger partial charge in [0.15, 0.2) is 0 Å². The molecule has 4 heteroatoms. The Kier molecular flexibility index (Phi) is 3.38. The number of aryl methyl sites for hydroxylation is 3. The molecule has 0 saturated carbocycles. The minimum atomic E-state index is 0.344. The second-order valence-electron chi connectivity index (χ2n) is 5.46. The largest absolute Gasteiger partial charge is 0.497 e. The van der Waals surface area contributed by atoms with Crippen molar-refractivity contribution >= 4 is 5.69 Å². The third-order valence-electron chi connectivity index (χ3n) is 4.01. The first-order chi connectivity index (χ1) is 9.67. The molecule has 0 fully saturated rings. The van der Waals surface area contributed by atoms with Gasteiger partial charge in [0.05, 0.1) is 24.5 Å². The van der Waals surface area contributed by atoms with Crippen LogP contribution in [0.5, 0.6) is 5.75 Å². The summed E-state index contributed by atoms with van der Waals surface area (Å²) in [6, 6.07) is 6.75. The van der Waals surface area contributed by atoms with Crippen molar-refractivity contribution in [1.29, 1.82) is 0 Å². The van der Waals surface area contributed by atoms with Crippen LogP contribution in [-0.4, -0.2) is 16.9 Å². The third-order valence-corrected chi connectivity index (χ3v) is 4.01. The second-order valence-corrected chi connectivity index (χ2v) is 5.46. The van der Waals surface area contributed by atoms with Gasteiger partial charge in [-0.25, -0.2) is 0 Å². The van der Waals surface area contributed by atoms with Gasteiger partial charge in [-0.1, -0.05) is 6.07 Å². The average Bonchev–Trinajstić information content (AvgIpc) is 2.77. The molecule has 0 radical (unpaired) electrons. The van der Waals surface area contributed by atoms with Gasteiger partial charge in [-0.2, -0.15) is 5.10 Å². The fourth-order valence-corrected chi connectivity index (χ4v) is 2.98. The predicted molar refractivity (Wildman–Crippen MR) is 80.2 cm³/mol. The maximum absolute atomic E-state index is 5.36. The average molecular weight is 271 g/mol. The van der Waals surface area contributed by atoms with E-state index in [0.29, 0.717) is 6.04 Å². The molecule has 106 valence electrons. The minimum absolute atomic E-state index is 0.344. The molecule has 1 aliphatic carbocycles. The number of anilines is 1. The Balaban J connectivity index is 1.91. The van der Waals surface area contributed by atoms with Crippen LogP contribution in [0.2, 0.25) is 0 Å². The van der Waals surface area contributed by atoms with Crippen molar-refractivity contribution in [2.75, 3.05) is 12.4 Å². The van der Waals surface area contributed by atoms with Crippen molar-refractivity contribution in [2.45, 2.75) is 32.2 Å². The Hall–Kier alpha value is -1.97. The summed E-state index contributed by atoms with van der Waals surface area (Å²) in [6.07, 6.45) is 5.57. The van der Waals surface area contributed by atoms with E-state index in [1.807, 2.05) is 24.9 Å². The number of methoxy groups -OCH3 is 1. The molecule has 0 aliphatic heterocycles. The molecule has 1 aromatic heterocycles. The minimum Gasteiger partial charge on any atom is -0.497 e. The molecule has 1 N–H and O–H groups in total. The molecule has 0 bridgehead atoms. The molecule has 1 atom stereocenters. The summed E-state index contributed by atoms with van der Waals surface area (Å²) >= 11 is 0. The van der Waals surface area contributed by atoms with Crippen LogP contribution in [0.25, 0.3) is 0 Å². The van der Waals surface area contributed by atoms with Gasteiger partial charge in [0.1, 0.15) is 5.75 Å². The summed E-state index contributed by atoms with van der Waals surface area (Å²) in [6.45, 7) is 2.04. The van der Waals surface area contributed by atoms with Crippen molar-refractivity contribution in [3.8, 4) is 5.75 Å². The van der Waals surface area contributed by atoms with E-state index in [4.69, 9.17) is 4.74 Å². The number of ether oxygens (including phenoxy) is 1. The van der Waals surface area contributed by atoms with Gasteiger partial charge in [0.2, 0.25) is 0 Å². The molecule has 0 spiro atoms. The third kappa shape index (κ3) is 2.38. The maximum Gasteiger partial charge on any atom is 0.119 e. The van der Waals surface area contributed by atoms with Crippen molar-refractivity contribution in [3.63, 3.8) is 0 Å². The number of fused-ring (bicyclic) bond motifs is 1. The van der Waals surface area contributed by atoms with Gasteiger partial charge < -0.3 is 10.1 Å². The van der Waals surface area contributed by atoms with Crippen LogP contribution < -0.4 is 10.1 Å². The molecule has 1 aromatic carbocycles. The molecule has 20 heavy (non-hydrogen) atoms. The number of aromatic nitrogens is 2. The van der Waals surface area contributed by atoms with Crippen LogP contribution in [0, 0.1) is 6.92 Å². The molecular formula is C16H21N3O. The fraction of sp³-hybridized carbons (Fsp3) is 0.438. The maximum atomic E-state index is 5.36. The van der Waals surface area contributed by atoms with E-state index in [1.165, 1.54) is 17.5 Å². The summed E-state index contributed by atoms with van der Waals surface area (Å²) in [5.41, 5.74) is 4.95. The van der Waals surface area contributed by atoms with Gasteiger partial charge in [-0.15, -0.1) is 0 Å². The van der Waals surface area contributed by atoms with Crippen LogP contribution in [0.15, 0.2) is 24.4 Å². The normalized spacial score (nSPS) is 17.6. The van der Waals surface area contributed by atoms with E-state index in [1.54, 1.807) is 7.11 Å². The Morgan fingerprint density at radius 2 is 2.25 bits per heavy atom. The van der Waals surface area contributed by atoms with E-state index in [-0.39, 0.29) is 0 Å². The summed E-state index contributed by atoms with van der Waals surface area (Å²) in [5, 5.41) is 8.03. The quantitative estimate of drug-likeness (QED) is 0.931. The van der Waals surface area contributed by atoms with E-state index >= 15 is 0 Å². The van der Waals surface area contributed by atoms with Crippen LogP contribution in [-0.2, 0) is 13.5 Å². The van der Waals surface area contributed by atoms with Crippen molar-refractivity contribution in [2.24, 2.45) is 7.05 Å². The van der Waals surface area contributed by atoms with Gasteiger partial charge in [-0.05, 0) is 49.4 Å². The van der Waals surface area contributed by atoms with Crippen molar-refractivity contribution < 1.29 is 4.74 Å². The zero-order valence-corrected chi connectivity index (χ0v) is 12.3. The Labute approximate surface area is 119 Å². The van der Waals surface area contributed by atoms with Gasteiger partial charge in [0, 0.05) is 13.2 Å². The number of benzene rings is 1. The number of nitrogens with zero attached hydrogens (tertiary/aromatic N) is 2. The summed E-state index contributed by atoms with van der Waals surface area (Å²) < 4.78 is 7.22. The molecule has 2 aromatic rings. The highest BCUT2D eigenvalue weighted by atomic mass is 16.5. The van der Waals surface area contributed by atoms with Crippen LogP contribution in [0.4, 0.5) is 5.69 Å². The Morgan fingerprint density at radius 1 is 1.40 bits per heavy atom. The van der Waals surface area contributed by atoms with E-state index in [9.17, 15) is 0 Å². The van der Waals surface area contributed by atoms with Gasteiger partial charge in [-0.3, -0.25) is 4.68 Å². The first-order valence-electron chi connectivity index (χ1n) is 7.11. The molecule has 3 rings (SSSR count). The molecule has 0 saturated heterocycles. The molecule has 1 aliphatic rings. The molecule has 1 unspecified atom stereocenters. The van der Waals surface area contributed by atoms with Crippen molar-refractivity contribution in [3.05, 3.63) is 41.2 Å². The highest BCUT2D eigenvalue weighted by molar-refractivity contribution is 5.50. The summed E-state index contributed by atoms with van der Waals surface area (Å²) in [7, 11) is 3.67. The number of nitrogens with one attached hydrogen (secondary N) is 1.